The number of rotatable bonds is 3. The number of allylic oxidation sites excluding steroid dienone is 2. The molecule has 3 rings (SSSR count). The van der Waals surface area contributed by atoms with E-state index in [9.17, 15) is 4.79 Å². The number of halogens is 2. The van der Waals surface area contributed by atoms with Crippen LogP contribution in [0.2, 0.25) is 0 Å². The summed E-state index contributed by atoms with van der Waals surface area (Å²) in [6, 6.07) is 7.40. The molecule has 0 saturated heterocycles. The Labute approximate surface area is 151 Å². The molecular formula is C18H18Cl2O4. The number of hydrogen-bond acceptors (Lipinski definition) is 4. The molecule has 0 saturated carbocycles. The zero-order valence-corrected chi connectivity index (χ0v) is 14.9. The molecule has 0 radical (unpaired) electrons. The first-order valence-electron chi connectivity index (χ1n) is 7.74. The van der Waals surface area contributed by atoms with Gasteiger partial charge in [0.1, 0.15) is 11.9 Å². The number of hydrogen-bond donors (Lipinski definition) is 0. The Balaban J connectivity index is 1.98. The number of methoxy groups -OCH3 is 1. The van der Waals surface area contributed by atoms with Crippen molar-refractivity contribution in [3.8, 4) is 5.75 Å². The first-order valence-corrected chi connectivity index (χ1v) is 8.49. The van der Waals surface area contributed by atoms with Gasteiger partial charge in [-0.2, -0.15) is 0 Å². The summed E-state index contributed by atoms with van der Waals surface area (Å²) in [5.41, 5.74) is 1.60. The summed E-state index contributed by atoms with van der Waals surface area (Å²) in [6.07, 6.45) is 3.59. The lowest BCUT2D eigenvalue weighted by atomic mass is 9.89. The van der Waals surface area contributed by atoms with Crippen molar-refractivity contribution in [2.45, 2.75) is 37.0 Å². The molecule has 3 unspecified atom stereocenters. The van der Waals surface area contributed by atoms with Crippen LogP contribution >= 0.6 is 23.2 Å². The second kappa shape index (κ2) is 6.79. The van der Waals surface area contributed by atoms with Crippen molar-refractivity contribution in [2.75, 3.05) is 7.11 Å². The number of carbonyl (C=O) groups is 1. The highest BCUT2D eigenvalue weighted by molar-refractivity contribution is 6.34. The molecular weight excluding hydrogens is 351 g/mol. The van der Waals surface area contributed by atoms with Gasteiger partial charge in [0.25, 0.3) is 6.29 Å². The highest BCUT2D eigenvalue weighted by atomic mass is 35.5. The Morgan fingerprint density at radius 2 is 2.17 bits per heavy atom. The van der Waals surface area contributed by atoms with Gasteiger partial charge in [-0.25, -0.2) is 4.79 Å². The number of alkyl halides is 1. The molecule has 128 valence electrons. The molecule has 2 aliphatic rings. The van der Waals surface area contributed by atoms with E-state index in [2.05, 4.69) is 0 Å². The van der Waals surface area contributed by atoms with Crippen LogP contribution in [0, 0.1) is 0 Å². The SMILES string of the molecule is CCC1(Cl)C=C(Cl)C(C2OC(C(=O)OC)Oc3ccccc32)=CC1. The van der Waals surface area contributed by atoms with Gasteiger partial charge in [0.05, 0.1) is 12.0 Å². The van der Waals surface area contributed by atoms with E-state index in [0.29, 0.717) is 17.2 Å². The largest absolute Gasteiger partial charge is 0.464 e. The molecule has 1 aliphatic carbocycles. The number of carbonyl (C=O) groups excluding carboxylic acids is 1. The molecule has 0 bridgehead atoms. The average Bonchev–Trinajstić information content (AvgIpc) is 2.60. The van der Waals surface area contributed by atoms with Crippen molar-refractivity contribution in [1.82, 2.24) is 0 Å². The van der Waals surface area contributed by atoms with E-state index in [0.717, 1.165) is 17.6 Å². The molecule has 1 aromatic rings. The summed E-state index contributed by atoms with van der Waals surface area (Å²) in [4.78, 5) is 11.4. The minimum absolute atomic E-state index is 0.479. The fourth-order valence-electron chi connectivity index (χ4n) is 2.81. The minimum Gasteiger partial charge on any atom is -0.464 e. The third-order valence-electron chi connectivity index (χ3n) is 4.28. The van der Waals surface area contributed by atoms with Crippen molar-refractivity contribution < 1.29 is 19.0 Å². The fraction of sp³-hybridized carbons (Fsp3) is 0.389. The van der Waals surface area contributed by atoms with E-state index in [4.69, 9.17) is 37.4 Å². The van der Waals surface area contributed by atoms with Crippen molar-refractivity contribution in [3.63, 3.8) is 0 Å². The van der Waals surface area contributed by atoms with Crippen LogP contribution in [0.3, 0.4) is 0 Å². The van der Waals surface area contributed by atoms with E-state index < -0.39 is 23.2 Å². The maximum atomic E-state index is 11.9. The van der Waals surface area contributed by atoms with Crippen LogP contribution in [0.1, 0.15) is 31.4 Å². The average molecular weight is 369 g/mol. The second-order valence-corrected chi connectivity index (χ2v) is 6.93. The van der Waals surface area contributed by atoms with Gasteiger partial charge in [-0.3, -0.25) is 0 Å². The molecule has 4 nitrogen and oxygen atoms in total. The van der Waals surface area contributed by atoms with Gasteiger partial charge in [-0.1, -0.05) is 42.8 Å². The predicted octanol–water partition coefficient (Wildman–Crippen LogP) is 4.48. The molecule has 0 aromatic heterocycles. The summed E-state index contributed by atoms with van der Waals surface area (Å²) in [6.45, 7) is 2.01. The van der Waals surface area contributed by atoms with E-state index in [1.165, 1.54) is 7.11 Å². The van der Waals surface area contributed by atoms with Crippen LogP contribution in [0.5, 0.6) is 5.75 Å². The van der Waals surface area contributed by atoms with Crippen LogP contribution in [-0.2, 0) is 14.3 Å². The Hall–Kier alpha value is -1.49. The monoisotopic (exact) mass is 368 g/mol. The van der Waals surface area contributed by atoms with Gasteiger partial charge < -0.3 is 14.2 Å². The summed E-state index contributed by atoms with van der Waals surface area (Å²) >= 11 is 13.0. The number of benzene rings is 1. The quantitative estimate of drug-likeness (QED) is 0.582. The Morgan fingerprint density at radius 3 is 2.83 bits per heavy atom. The van der Waals surface area contributed by atoms with Crippen molar-refractivity contribution >= 4 is 29.2 Å². The third-order valence-corrected chi connectivity index (χ3v) is 5.14. The summed E-state index contributed by atoms with van der Waals surface area (Å²) in [5, 5.41) is 0.531. The van der Waals surface area contributed by atoms with Crippen molar-refractivity contribution in [1.29, 1.82) is 0 Å². The van der Waals surface area contributed by atoms with Gasteiger partial charge in [0, 0.05) is 10.6 Å². The molecule has 1 aromatic carbocycles. The summed E-state index contributed by atoms with van der Waals surface area (Å²) in [5.74, 6) is -0.0148. The molecule has 0 N–H and O–H groups in total. The Kier molecular flexibility index (Phi) is 4.90. The highest BCUT2D eigenvalue weighted by Gasteiger charge is 2.38. The number of ether oxygens (including phenoxy) is 3. The van der Waals surface area contributed by atoms with Crippen molar-refractivity contribution in [3.05, 3.63) is 52.6 Å². The molecule has 0 amide bonds. The lowest BCUT2D eigenvalue weighted by Crippen LogP contribution is -2.37. The van der Waals surface area contributed by atoms with Gasteiger partial charge in [-0.15, -0.1) is 11.6 Å². The maximum Gasteiger partial charge on any atom is 0.376 e. The van der Waals surface area contributed by atoms with Crippen molar-refractivity contribution in [2.24, 2.45) is 0 Å². The fourth-order valence-corrected chi connectivity index (χ4v) is 3.44. The molecule has 6 heteroatoms. The maximum absolute atomic E-state index is 11.9. The number of para-hydroxylation sites is 1. The lowest BCUT2D eigenvalue weighted by Gasteiger charge is -2.34. The number of fused-ring (bicyclic) bond motifs is 1. The molecule has 0 spiro atoms. The summed E-state index contributed by atoms with van der Waals surface area (Å²) < 4.78 is 16.2. The Bertz CT molecular complexity index is 713. The van der Waals surface area contributed by atoms with E-state index >= 15 is 0 Å². The minimum atomic E-state index is -1.13. The van der Waals surface area contributed by atoms with Crippen LogP contribution in [0.25, 0.3) is 0 Å². The first-order chi connectivity index (χ1) is 11.5. The number of esters is 1. The smallest absolute Gasteiger partial charge is 0.376 e. The first kappa shape index (κ1) is 17.3. The van der Waals surface area contributed by atoms with E-state index in [-0.39, 0.29) is 0 Å². The lowest BCUT2D eigenvalue weighted by molar-refractivity contribution is -0.186. The zero-order valence-electron chi connectivity index (χ0n) is 13.4. The standard InChI is InChI=1S/C18H18Cl2O4/c1-3-18(20)9-8-11(13(19)10-18)15-12-6-4-5-7-14(12)23-17(24-15)16(21)22-2/h4-8,10,15,17H,3,9H2,1-2H3. The Morgan fingerprint density at radius 1 is 1.42 bits per heavy atom. The van der Waals surface area contributed by atoms with Gasteiger partial charge >= 0.3 is 5.97 Å². The highest BCUT2D eigenvalue weighted by Crippen LogP contribution is 2.46. The van der Waals surface area contributed by atoms with Crippen LogP contribution in [-0.4, -0.2) is 24.2 Å². The van der Waals surface area contributed by atoms with Gasteiger partial charge in [-0.05, 0) is 30.6 Å². The zero-order chi connectivity index (χ0) is 17.3. The molecule has 1 heterocycles. The summed E-state index contributed by atoms with van der Waals surface area (Å²) in [7, 11) is 1.29. The molecule has 3 atom stereocenters. The topological polar surface area (TPSA) is 44.8 Å². The molecule has 1 aliphatic heterocycles. The van der Waals surface area contributed by atoms with E-state index in [1.807, 2.05) is 37.3 Å². The van der Waals surface area contributed by atoms with Gasteiger partial charge in [0.15, 0.2) is 0 Å². The normalized spacial score (nSPS) is 29.0. The third kappa shape index (κ3) is 3.18. The second-order valence-electron chi connectivity index (χ2n) is 5.77. The molecule has 24 heavy (non-hydrogen) atoms. The van der Waals surface area contributed by atoms with Gasteiger partial charge in [0.2, 0.25) is 0 Å². The molecule has 0 fully saturated rings. The predicted molar refractivity (Wildman–Crippen MR) is 92.2 cm³/mol. The van der Waals surface area contributed by atoms with Crippen LogP contribution in [0.4, 0.5) is 0 Å². The van der Waals surface area contributed by atoms with E-state index in [1.54, 1.807) is 6.07 Å². The van der Waals surface area contributed by atoms with Crippen LogP contribution in [0.15, 0.2) is 47.0 Å². The van der Waals surface area contributed by atoms with Crippen LogP contribution < -0.4 is 4.74 Å².